The molecule has 1 heterocycles. The van der Waals surface area contributed by atoms with Crippen molar-refractivity contribution >= 4 is 11.4 Å². The summed E-state index contributed by atoms with van der Waals surface area (Å²) >= 11 is 0. The molecular formula is C13H6F3N3O3. The zero-order valence-corrected chi connectivity index (χ0v) is 10.6. The van der Waals surface area contributed by atoms with Crippen LogP contribution in [0.2, 0.25) is 0 Å². The van der Waals surface area contributed by atoms with E-state index in [0.717, 1.165) is 6.07 Å². The van der Waals surface area contributed by atoms with Crippen molar-refractivity contribution in [3.05, 3.63) is 56.7 Å². The van der Waals surface area contributed by atoms with Crippen LogP contribution in [0.3, 0.4) is 0 Å². The van der Waals surface area contributed by atoms with Gasteiger partial charge in [0.1, 0.15) is 0 Å². The number of benzene rings is 1. The minimum Gasteiger partial charge on any atom is -0.352 e. The Labute approximate surface area is 119 Å². The highest BCUT2D eigenvalue weighted by atomic mass is 19.4. The van der Waals surface area contributed by atoms with Crippen molar-refractivity contribution in [2.75, 3.05) is 5.32 Å². The fourth-order valence-corrected chi connectivity index (χ4v) is 1.72. The van der Waals surface area contributed by atoms with E-state index in [1.165, 1.54) is 24.3 Å². The summed E-state index contributed by atoms with van der Waals surface area (Å²) in [6.07, 6.45) is -4.70. The average Bonchev–Trinajstić information content (AvgIpc) is 2.97. The van der Waals surface area contributed by atoms with Gasteiger partial charge in [-0.2, -0.15) is 18.2 Å². The number of hydrogen-bond acceptors (Lipinski definition) is 6. The lowest BCUT2D eigenvalue weighted by atomic mass is 10.2. The third-order valence-electron chi connectivity index (χ3n) is 2.83. The Kier molecular flexibility index (Phi) is 3.05. The highest BCUT2D eigenvalue weighted by molar-refractivity contribution is 5.65. The molecule has 3 rings (SSSR count). The van der Waals surface area contributed by atoms with Crippen LogP contribution in [0.1, 0.15) is 5.89 Å². The molecule has 0 amide bonds. The van der Waals surface area contributed by atoms with Gasteiger partial charge in [-0.15, -0.1) is 0 Å². The Morgan fingerprint density at radius 1 is 1.09 bits per heavy atom. The highest BCUT2D eigenvalue weighted by Crippen LogP contribution is 2.29. The Hall–Kier alpha value is -2.97. The molecule has 0 saturated carbocycles. The predicted octanol–water partition coefficient (Wildman–Crippen LogP) is 2.09. The van der Waals surface area contributed by atoms with Crippen LogP contribution in [0.15, 0.2) is 44.4 Å². The molecule has 112 valence electrons. The standard InChI is InChI=1S/C13H6F3N3O3/c14-13(15,16)12-18-11(19-22-12)6-1-3-7(4-2-6)17-8-5-9(20)10(8)21/h1-5,17H. The van der Waals surface area contributed by atoms with Crippen molar-refractivity contribution in [1.82, 2.24) is 10.1 Å². The minimum atomic E-state index is -4.70. The second-order valence-corrected chi connectivity index (χ2v) is 4.37. The number of rotatable bonds is 3. The molecule has 0 aliphatic rings. The molecular weight excluding hydrogens is 303 g/mol. The first-order valence-corrected chi connectivity index (χ1v) is 5.93. The van der Waals surface area contributed by atoms with E-state index in [2.05, 4.69) is 20.0 Å². The SMILES string of the molecule is O=c1cc(Nc2ccc(-c3noc(C(F)(F)F)n3)cc2)c1=O. The molecule has 2 aromatic carbocycles. The van der Waals surface area contributed by atoms with Crippen molar-refractivity contribution in [3.63, 3.8) is 0 Å². The fourth-order valence-electron chi connectivity index (χ4n) is 1.72. The number of alkyl halides is 3. The van der Waals surface area contributed by atoms with Crippen LogP contribution in [0, 0.1) is 0 Å². The van der Waals surface area contributed by atoms with E-state index in [1.54, 1.807) is 0 Å². The maximum Gasteiger partial charge on any atom is 0.471 e. The zero-order chi connectivity index (χ0) is 15.9. The Balaban J connectivity index is 1.80. The van der Waals surface area contributed by atoms with Gasteiger partial charge in [0.15, 0.2) is 0 Å². The summed E-state index contributed by atoms with van der Waals surface area (Å²) < 4.78 is 41.2. The second kappa shape index (κ2) is 4.79. The van der Waals surface area contributed by atoms with Crippen LogP contribution in [0.5, 0.6) is 0 Å². The largest absolute Gasteiger partial charge is 0.471 e. The van der Waals surface area contributed by atoms with E-state index < -0.39 is 22.9 Å². The Morgan fingerprint density at radius 3 is 2.27 bits per heavy atom. The van der Waals surface area contributed by atoms with Gasteiger partial charge in [0.25, 0.3) is 0 Å². The molecule has 3 aromatic rings. The van der Waals surface area contributed by atoms with E-state index in [9.17, 15) is 22.8 Å². The zero-order valence-electron chi connectivity index (χ0n) is 10.6. The van der Waals surface area contributed by atoms with Gasteiger partial charge in [-0.05, 0) is 24.3 Å². The molecule has 0 unspecified atom stereocenters. The first-order chi connectivity index (χ1) is 10.3. The number of nitrogens with zero attached hydrogens (tertiary/aromatic N) is 2. The van der Waals surface area contributed by atoms with Gasteiger partial charge in [-0.25, -0.2) is 0 Å². The molecule has 22 heavy (non-hydrogen) atoms. The summed E-state index contributed by atoms with van der Waals surface area (Å²) in [4.78, 5) is 25.2. The van der Waals surface area contributed by atoms with Gasteiger partial charge in [-0.1, -0.05) is 5.16 Å². The molecule has 0 saturated heterocycles. The summed E-state index contributed by atoms with van der Waals surface area (Å²) in [5, 5.41) is 5.97. The van der Waals surface area contributed by atoms with Gasteiger partial charge in [0.05, 0.1) is 5.69 Å². The molecule has 0 aliphatic carbocycles. The molecule has 0 atom stereocenters. The number of halogens is 3. The van der Waals surface area contributed by atoms with Crippen LogP contribution in [-0.2, 0) is 6.18 Å². The van der Waals surface area contributed by atoms with E-state index in [-0.39, 0.29) is 11.5 Å². The molecule has 0 spiro atoms. The average molecular weight is 309 g/mol. The molecule has 1 N–H and O–H groups in total. The maximum atomic E-state index is 12.4. The summed E-state index contributed by atoms with van der Waals surface area (Å²) in [7, 11) is 0. The molecule has 0 aliphatic heterocycles. The maximum absolute atomic E-state index is 12.4. The first-order valence-electron chi connectivity index (χ1n) is 5.93. The summed E-state index contributed by atoms with van der Waals surface area (Å²) in [5.74, 6) is -1.62. The van der Waals surface area contributed by atoms with E-state index in [1.807, 2.05) is 0 Å². The van der Waals surface area contributed by atoms with Crippen molar-refractivity contribution in [1.29, 1.82) is 0 Å². The molecule has 0 bridgehead atoms. The normalized spacial score (nSPS) is 11.8. The molecule has 6 nitrogen and oxygen atoms in total. The van der Waals surface area contributed by atoms with Crippen LogP contribution in [0.4, 0.5) is 24.5 Å². The van der Waals surface area contributed by atoms with Gasteiger partial charge in [0, 0.05) is 17.3 Å². The van der Waals surface area contributed by atoms with E-state index in [4.69, 9.17) is 0 Å². The summed E-state index contributed by atoms with van der Waals surface area (Å²) in [5.41, 5.74) is -0.218. The lowest BCUT2D eigenvalue weighted by molar-refractivity contribution is -0.159. The summed E-state index contributed by atoms with van der Waals surface area (Å²) in [6.45, 7) is 0. The third-order valence-corrected chi connectivity index (χ3v) is 2.83. The number of hydrogen-bond donors (Lipinski definition) is 1. The first kappa shape index (κ1) is 14.0. The highest BCUT2D eigenvalue weighted by Gasteiger charge is 2.38. The molecule has 9 heteroatoms. The predicted molar refractivity (Wildman–Crippen MR) is 69.4 cm³/mol. The summed E-state index contributed by atoms with van der Waals surface area (Å²) in [6, 6.07) is 7.09. The second-order valence-electron chi connectivity index (χ2n) is 4.37. The molecule has 0 fully saturated rings. The smallest absolute Gasteiger partial charge is 0.352 e. The van der Waals surface area contributed by atoms with Crippen molar-refractivity contribution in [2.45, 2.75) is 6.18 Å². The molecule has 1 aromatic heterocycles. The van der Waals surface area contributed by atoms with Gasteiger partial charge >= 0.3 is 12.1 Å². The van der Waals surface area contributed by atoms with Crippen molar-refractivity contribution < 1.29 is 17.7 Å². The Bertz CT molecular complexity index is 890. The topological polar surface area (TPSA) is 85.1 Å². The minimum absolute atomic E-state index is 0.164. The quantitative estimate of drug-likeness (QED) is 0.746. The lowest BCUT2D eigenvalue weighted by Crippen LogP contribution is -2.31. The number of nitrogens with one attached hydrogen (secondary N) is 1. The van der Waals surface area contributed by atoms with E-state index >= 15 is 0 Å². The lowest BCUT2D eigenvalue weighted by Gasteiger charge is -2.06. The van der Waals surface area contributed by atoms with Crippen molar-refractivity contribution in [3.8, 4) is 11.4 Å². The van der Waals surface area contributed by atoms with Gasteiger partial charge < -0.3 is 9.84 Å². The third kappa shape index (κ3) is 2.48. The number of anilines is 2. The van der Waals surface area contributed by atoms with Crippen LogP contribution in [0.25, 0.3) is 11.4 Å². The van der Waals surface area contributed by atoms with Crippen molar-refractivity contribution in [2.24, 2.45) is 0 Å². The van der Waals surface area contributed by atoms with E-state index in [0.29, 0.717) is 11.3 Å². The fraction of sp³-hybridized carbons (Fsp3) is 0.0769. The van der Waals surface area contributed by atoms with Crippen LogP contribution in [-0.4, -0.2) is 10.1 Å². The van der Waals surface area contributed by atoms with Crippen LogP contribution >= 0.6 is 0 Å². The Morgan fingerprint density at radius 2 is 1.77 bits per heavy atom. The van der Waals surface area contributed by atoms with Crippen LogP contribution < -0.4 is 16.2 Å². The molecule has 0 radical (unpaired) electrons. The van der Waals surface area contributed by atoms with Gasteiger partial charge in [0.2, 0.25) is 16.7 Å². The number of aromatic nitrogens is 2. The van der Waals surface area contributed by atoms with Gasteiger partial charge in [-0.3, -0.25) is 9.59 Å². The monoisotopic (exact) mass is 309 g/mol.